The third-order valence-electron chi connectivity index (χ3n) is 9.25. The number of methoxy groups -OCH3 is 2. The van der Waals surface area contributed by atoms with E-state index >= 15 is 0 Å². The van der Waals surface area contributed by atoms with E-state index < -0.39 is 35.2 Å². The number of ketones is 1. The van der Waals surface area contributed by atoms with Gasteiger partial charge in [-0.3, -0.25) is 9.59 Å². The van der Waals surface area contributed by atoms with Crippen molar-refractivity contribution >= 4 is 40.6 Å². The number of amides is 1. The molecule has 2 aromatic heterocycles. The number of aromatic nitrogens is 4. The van der Waals surface area contributed by atoms with Crippen LogP contribution in [0.15, 0.2) is 48.7 Å². The smallest absolute Gasteiger partial charge is 0.329 e. The molecule has 0 aliphatic carbocycles. The SMILES string of the molecule is CCC(C)(C)C(=O)C(=O)N1CCCC[C@H]1C(=O)O[C@H](CCc1ccc(OC)c(OC)c1)c1cccc(OCc2cnc3nc(N)nc(N)c3n2)c1. The molecule has 1 aliphatic rings. The molecule has 0 saturated carbocycles. The minimum Gasteiger partial charge on any atom is -0.493 e. The van der Waals surface area contributed by atoms with Crippen molar-refractivity contribution in [1.82, 2.24) is 24.8 Å². The van der Waals surface area contributed by atoms with Gasteiger partial charge in [-0.05, 0) is 73.9 Å². The standard InChI is InChI=1S/C37H45N7O7/c1-6-37(2,3)31(45)34(46)44-17-8-7-12-26(44)35(47)51-27(15-13-22-14-16-28(48-4)29(18-22)49-5)23-10-9-11-25(19-23)50-21-24-20-40-33-30(41-24)32(38)42-36(39)43-33/h9-11,14,16,18-20,26-27H,6-8,12-13,15,17,21H2,1-5H3,(H4,38,39,40,42,43)/t26-,27+/m0/s1. The van der Waals surface area contributed by atoms with Gasteiger partial charge in [0, 0.05) is 12.0 Å². The molecule has 5 rings (SSSR count). The number of nitrogens with zero attached hydrogens (tertiary/aromatic N) is 5. The Labute approximate surface area is 296 Å². The summed E-state index contributed by atoms with van der Waals surface area (Å²) in [6.07, 6.45) is 4.09. The maximum atomic E-state index is 13.9. The number of benzene rings is 2. The number of carbonyl (C=O) groups excluding carboxylic acids is 3. The summed E-state index contributed by atoms with van der Waals surface area (Å²) >= 11 is 0. The summed E-state index contributed by atoms with van der Waals surface area (Å²) in [6.45, 7) is 5.73. The van der Waals surface area contributed by atoms with Crippen molar-refractivity contribution in [1.29, 1.82) is 0 Å². The largest absolute Gasteiger partial charge is 0.493 e. The molecule has 3 heterocycles. The number of esters is 1. The second-order valence-electron chi connectivity index (χ2n) is 13.1. The molecule has 1 fully saturated rings. The van der Waals surface area contributed by atoms with Gasteiger partial charge in [-0.2, -0.15) is 9.97 Å². The number of aryl methyl sites for hydroxylation is 1. The van der Waals surface area contributed by atoms with Crippen molar-refractivity contribution in [2.75, 3.05) is 32.2 Å². The molecular formula is C37H45N7O7. The van der Waals surface area contributed by atoms with Crippen molar-refractivity contribution in [2.24, 2.45) is 5.41 Å². The van der Waals surface area contributed by atoms with Crippen LogP contribution in [-0.4, -0.2) is 69.3 Å². The van der Waals surface area contributed by atoms with E-state index in [2.05, 4.69) is 19.9 Å². The van der Waals surface area contributed by atoms with Crippen molar-refractivity contribution in [3.05, 3.63) is 65.5 Å². The van der Waals surface area contributed by atoms with Gasteiger partial charge < -0.3 is 35.3 Å². The van der Waals surface area contributed by atoms with Crippen LogP contribution in [0.3, 0.4) is 0 Å². The molecule has 1 saturated heterocycles. The van der Waals surface area contributed by atoms with Crippen molar-refractivity contribution in [3.8, 4) is 17.2 Å². The quantitative estimate of drug-likeness (QED) is 0.135. The fraction of sp³-hybridized carbons (Fsp3) is 0.432. The van der Waals surface area contributed by atoms with Gasteiger partial charge in [0.25, 0.3) is 5.91 Å². The number of anilines is 2. The number of hydrogen-bond acceptors (Lipinski definition) is 13. The van der Waals surface area contributed by atoms with E-state index in [1.165, 1.54) is 11.1 Å². The third-order valence-corrected chi connectivity index (χ3v) is 9.25. The molecule has 51 heavy (non-hydrogen) atoms. The lowest BCUT2D eigenvalue weighted by molar-refractivity contribution is -0.164. The number of piperidine rings is 1. The van der Waals surface area contributed by atoms with E-state index in [1.807, 2.05) is 37.3 Å². The number of rotatable bonds is 14. The average Bonchev–Trinajstić information content (AvgIpc) is 3.14. The number of nitrogens with two attached hydrogens (primary N) is 2. The minimum atomic E-state index is -0.871. The summed E-state index contributed by atoms with van der Waals surface area (Å²) in [5, 5.41) is 0. The van der Waals surface area contributed by atoms with Crippen molar-refractivity contribution < 1.29 is 33.3 Å². The molecule has 14 heteroatoms. The Morgan fingerprint density at radius 3 is 2.53 bits per heavy atom. The Bertz CT molecular complexity index is 1900. The molecule has 0 bridgehead atoms. The number of likely N-dealkylation sites (tertiary alicyclic amines) is 1. The van der Waals surface area contributed by atoms with Crippen LogP contribution in [0.2, 0.25) is 0 Å². The maximum Gasteiger partial charge on any atom is 0.329 e. The Kier molecular flexibility index (Phi) is 11.5. The lowest BCUT2D eigenvalue weighted by atomic mass is 9.84. The van der Waals surface area contributed by atoms with Crippen LogP contribution in [0.4, 0.5) is 11.8 Å². The first-order valence-electron chi connectivity index (χ1n) is 17.0. The van der Waals surface area contributed by atoms with Crippen molar-refractivity contribution in [2.45, 2.75) is 78.0 Å². The molecule has 270 valence electrons. The second kappa shape index (κ2) is 16.0. The first-order valence-corrected chi connectivity index (χ1v) is 17.0. The molecule has 14 nitrogen and oxygen atoms in total. The van der Waals surface area contributed by atoms with Gasteiger partial charge in [0.2, 0.25) is 11.7 Å². The van der Waals surface area contributed by atoms with Gasteiger partial charge in [0.05, 0.1) is 26.1 Å². The summed E-state index contributed by atoms with van der Waals surface area (Å²) in [4.78, 5) is 58.7. The highest BCUT2D eigenvalue weighted by Crippen LogP contribution is 2.33. The normalized spacial score (nSPS) is 15.2. The summed E-state index contributed by atoms with van der Waals surface area (Å²) in [6, 6.07) is 12.0. The molecule has 1 amide bonds. The molecule has 0 unspecified atom stereocenters. The summed E-state index contributed by atoms with van der Waals surface area (Å²) in [7, 11) is 3.15. The fourth-order valence-electron chi connectivity index (χ4n) is 5.86. The van der Waals surface area contributed by atoms with E-state index in [4.69, 9.17) is 30.4 Å². The third kappa shape index (κ3) is 8.62. The van der Waals surface area contributed by atoms with Gasteiger partial charge >= 0.3 is 5.97 Å². The van der Waals surface area contributed by atoms with Crippen LogP contribution >= 0.6 is 0 Å². The van der Waals surface area contributed by atoms with Crippen LogP contribution < -0.4 is 25.7 Å². The monoisotopic (exact) mass is 699 g/mol. The molecule has 0 radical (unpaired) electrons. The van der Waals surface area contributed by atoms with Gasteiger partial charge in [-0.1, -0.05) is 39.0 Å². The first-order chi connectivity index (χ1) is 24.4. The molecule has 0 spiro atoms. The van der Waals surface area contributed by atoms with Crippen molar-refractivity contribution in [3.63, 3.8) is 0 Å². The molecule has 4 aromatic rings. The zero-order valence-electron chi connectivity index (χ0n) is 29.7. The highest BCUT2D eigenvalue weighted by molar-refractivity contribution is 6.38. The highest BCUT2D eigenvalue weighted by atomic mass is 16.5. The minimum absolute atomic E-state index is 0.00761. The van der Waals surface area contributed by atoms with E-state index in [9.17, 15) is 14.4 Å². The number of ether oxygens (including phenoxy) is 4. The molecule has 2 aromatic carbocycles. The Morgan fingerprint density at radius 1 is 1.00 bits per heavy atom. The molecule has 1 aliphatic heterocycles. The molecule has 4 N–H and O–H groups in total. The Balaban J connectivity index is 1.38. The van der Waals surface area contributed by atoms with Gasteiger partial charge in [0.1, 0.15) is 24.5 Å². The zero-order valence-corrected chi connectivity index (χ0v) is 29.7. The lowest BCUT2D eigenvalue weighted by Gasteiger charge is -2.36. The van der Waals surface area contributed by atoms with Crippen LogP contribution in [0.1, 0.15) is 75.8 Å². The number of Topliss-reactive ketones (excluding diaryl/α,β-unsaturated/α-hetero) is 1. The number of hydrogen-bond donors (Lipinski definition) is 2. The maximum absolute atomic E-state index is 13.9. The summed E-state index contributed by atoms with van der Waals surface area (Å²) in [5.74, 6) is 0.115. The van der Waals surface area contributed by atoms with Gasteiger partial charge in [0.15, 0.2) is 28.5 Å². The van der Waals surface area contributed by atoms with Crippen LogP contribution in [0.25, 0.3) is 11.2 Å². The van der Waals surface area contributed by atoms with Crippen LogP contribution in [0, 0.1) is 5.41 Å². The lowest BCUT2D eigenvalue weighted by Crippen LogP contribution is -2.53. The average molecular weight is 700 g/mol. The van der Waals surface area contributed by atoms with Gasteiger partial charge in [-0.25, -0.2) is 14.8 Å². The Morgan fingerprint density at radius 2 is 1.78 bits per heavy atom. The summed E-state index contributed by atoms with van der Waals surface area (Å²) < 4.78 is 23.2. The zero-order chi connectivity index (χ0) is 36.7. The topological polar surface area (TPSA) is 195 Å². The predicted octanol–water partition coefficient (Wildman–Crippen LogP) is 4.78. The van der Waals surface area contributed by atoms with Crippen LogP contribution in [0.5, 0.6) is 17.2 Å². The van der Waals surface area contributed by atoms with E-state index in [0.29, 0.717) is 72.7 Å². The molecular weight excluding hydrogens is 654 g/mol. The van der Waals surface area contributed by atoms with E-state index in [-0.39, 0.29) is 24.0 Å². The van der Waals surface area contributed by atoms with E-state index in [1.54, 1.807) is 40.2 Å². The summed E-state index contributed by atoms with van der Waals surface area (Å²) in [5.41, 5.74) is 13.5. The van der Waals surface area contributed by atoms with Crippen LogP contribution in [-0.2, 0) is 32.1 Å². The Hall–Kier alpha value is -5.53. The fourth-order valence-corrected chi connectivity index (χ4v) is 5.86. The molecule has 2 atom stereocenters. The van der Waals surface area contributed by atoms with E-state index in [0.717, 1.165) is 12.0 Å². The number of nitrogen functional groups attached to an aromatic ring is 2. The number of carbonyl (C=O) groups is 3. The number of fused-ring (bicyclic) bond motifs is 1. The first kappa shape index (κ1) is 36.7. The van der Waals surface area contributed by atoms with Gasteiger partial charge in [-0.15, -0.1) is 0 Å². The highest BCUT2D eigenvalue weighted by Gasteiger charge is 2.41. The second-order valence-corrected chi connectivity index (χ2v) is 13.1. The predicted molar refractivity (Wildman–Crippen MR) is 190 cm³/mol.